The molecule has 176 valence electrons. The molecule has 4 aromatic rings. The van der Waals surface area contributed by atoms with Crippen LogP contribution in [0.5, 0.6) is 0 Å². The van der Waals surface area contributed by atoms with Gasteiger partial charge in [-0.3, -0.25) is 0 Å². The molecule has 3 heterocycles. The molecule has 1 saturated carbocycles. The van der Waals surface area contributed by atoms with E-state index in [1.165, 1.54) is 19.3 Å². The number of benzene rings is 1. The number of nitrogens with zero attached hydrogens (tertiary/aromatic N) is 4. The molecular weight excluding hydrogens is 466 g/mol. The molecule has 3 aromatic heterocycles. The van der Waals surface area contributed by atoms with Crippen molar-refractivity contribution in [2.24, 2.45) is 0 Å². The van der Waals surface area contributed by atoms with Crippen molar-refractivity contribution in [1.29, 1.82) is 0 Å². The maximum absolute atomic E-state index is 9.30. The number of aromatic nitrogens is 3. The fourth-order valence-electron chi connectivity index (χ4n) is 3.99. The Morgan fingerprint density at radius 1 is 1.03 bits per heavy atom. The Bertz CT molecular complexity index is 1250. The van der Waals surface area contributed by atoms with Crippen molar-refractivity contribution < 1.29 is 10.2 Å². The summed E-state index contributed by atoms with van der Waals surface area (Å²) < 4.78 is 1.15. The van der Waals surface area contributed by atoms with Crippen LogP contribution in [0.3, 0.4) is 0 Å². The number of hydrogen-bond acceptors (Lipinski definition) is 9. The van der Waals surface area contributed by atoms with Crippen molar-refractivity contribution in [3.05, 3.63) is 48.8 Å². The van der Waals surface area contributed by atoms with E-state index < -0.39 is 0 Å². The Hall–Kier alpha value is -2.72. The highest BCUT2D eigenvalue weighted by Gasteiger charge is 2.24. The number of pyridine rings is 1. The average molecular weight is 494 g/mol. The van der Waals surface area contributed by atoms with Crippen molar-refractivity contribution in [2.75, 3.05) is 36.9 Å². The number of thioether (sulfide) groups is 1. The molecule has 1 fully saturated rings. The number of aliphatic hydroxyl groups excluding tert-OH is 2. The lowest BCUT2D eigenvalue weighted by molar-refractivity contribution is 0.280. The van der Waals surface area contributed by atoms with E-state index in [4.69, 9.17) is 10.7 Å². The van der Waals surface area contributed by atoms with Gasteiger partial charge in [-0.05, 0) is 30.0 Å². The van der Waals surface area contributed by atoms with Gasteiger partial charge in [0.25, 0.3) is 0 Å². The molecule has 0 atom stereocenters. The minimum absolute atomic E-state index is 0.0369. The van der Waals surface area contributed by atoms with Gasteiger partial charge in [-0.25, -0.2) is 15.0 Å². The van der Waals surface area contributed by atoms with Crippen LogP contribution in [-0.2, 0) is 0 Å². The maximum atomic E-state index is 9.30. The van der Waals surface area contributed by atoms with Crippen LogP contribution in [0.1, 0.15) is 19.3 Å². The summed E-state index contributed by atoms with van der Waals surface area (Å²) in [5, 5.41) is 20.3. The van der Waals surface area contributed by atoms with Crippen molar-refractivity contribution in [3.8, 4) is 22.4 Å². The third kappa shape index (κ3) is 4.61. The fourth-order valence-corrected chi connectivity index (χ4v) is 6.78. The van der Waals surface area contributed by atoms with Gasteiger partial charge in [-0.1, -0.05) is 36.8 Å². The van der Waals surface area contributed by atoms with Crippen LogP contribution in [0.4, 0.5) is 11.6 Å². The molecule has 0 bridgehead atoms. The van der Waals surface area contributed by atoms with E-state index in [0.29, 0.717) is 24.3 Å². The quantitative estimate of drug-likeness (QED) is 0.314. The predicted molar refractivity (Wildman–Crippen MR) is 140 cm³/mol. The molecule has 7 nitrogen and oxygen atoms in total. The van der Waals surface area contributed by atoms with Crippen LogP contribution in [0.15, 0.2) is 53.0 Å². The average Bonchev–Trinajstić information content (AvgIpc) is 3.16. The first kappa shape index (κ1) is 23.0. The first-order valence-corrected chi connectivity index (χ1v) is 13.1. The number of rotatable bonds is 9. The molecule has 0 aliphatic heterocycles. The maximum Gasteiger partial charge on any atom is 0.225 e. The van der Waals surface area contributed by atoms with Crippen LogP contribution in [0.25, 0.3) is 32.6 Å². The summed E-state index contributed by atoms with van der Waals surface area (Å²) in [6.07, 6.45) is 7.28. The second-order valence-corrected chi connectivity index (χ2v) is 10.8. The van der Waals surface area contributed by atoms with Gasteiger partial charge in [-0.15, -0.1) is 23.1 Å². The van der Waals surface area contributed by atoms with E-state index in [9.17, 15) is 10.2 Å². The van der Waals surface area contributed by atoms with Crippen molar-refractivity contribution >= 4 is 45.0 Å². The minimum atomic E-state index is -0.0369. The second-order valence-electron chi connectivity index (χ2n) is 8.28. The number of thiophene rings is 1. The number of fused-ring (bicyclic) bond motifs is 1. The van der Waals surface area contributed by atoms with Crippen LogP contribution in [0.2, 0.25) is 0 Å². The Labute approximate surface area is 206 Å². The van der Waals surface area contributed by atoms with E-state index in [1.54, 1.807) is 28.6 Å². The van der Waals surface area contributed by atoms with Gasteiger partial charge in [0.05, 0.1) is 28.8 Å². The smallest absolute Gasteiger partial charge is 0.225 e. The highest BCUT2D eigenvalue weighted by Crippen LogP contribution is 2.48. The van der Waals surface area contributed by atoms with Gasteiger partial charge >= 0.3 is 0 Å². The number of hydrogen-bond donors (Lipinski definition) is 3. The van der Waals surface area contributed by atoms with E-state index in [-0.39, 0.29) is 13.2 Å². The second kappa shape index (κ2) is 10.3. The molecule has 0 amide bonds. The molecule has 4 N–H and O–H groups in total. The van der Waals surface area contributed by atoms with Gasteiger partial charge in [-0.2, -0.15) is 0 Å². The zero-order chi connectivity index (χ0) is 23.5. The number of anilines is 2. The third-order valence-electron chi connectivity index (χ3n) is 6.03. The van der Waals surface area contributed by atoms with Gasteiger partial charge in [0.1, 0.15) is 4.83 Å². The summed E-state index contributed by atoms with van der Waals surface area (Å²) in [5.74, 6) is 0.468. The highest BCUT2D eigenvalue weighted by molar-refractivity contribution is 8.02. The van der Waals surface area contributed by atoms with Crippen LogP contribution in [0, 0.1) is 0 Å². The largest absolute Gasteiger partial charge is 0.397 e. The number of aliphatic hydroxyl groups is 2. The monoisotopic (exact) mass is 493 g/mol. The Kier molecular flexibility index (Phi) is 6.96. The van der Waals surface area contributed by atoms with Crippen LogP contribution in [-0.4, -0.2) is 56.7 Å². The number of nitrogen functional groups attached to an aromatic ring is 1. The highest BCUT2D eigenvalue weighted by atomic mass is 32.2. The molecule has 1 aliphatic rings. The lowest BCUT2D eigenvalue weighted by atomic mass is 10.00. The molecule has 34 heavy (non-hydrogen) atoms. The van der Waals surface area contributed by atoms with Gasteiger partial charge in [0.15, 0.2) is 0 Å². The molecule has 0 spiro atoms. The van der Waals surface area contributed by atoms with Crippen molar-refractivity contribution in [2.45, 2.75) is 28.7 Å². The lowest BCUT2D eigenvalue weighted by Crippen LogP contribution is -2.31. The molecule has 1 aliphatic carbocycles. The Balaban J connectivity index is 1.57. The normalized spacial score (nSPS) is 13.8. The van der Waals surface area contributed by atoms with E-state index in [1.807, 2.05) is 30.0 Å². The minimum Gasteiger partial charge on any atom is -0.397 e. The summed E-state index contributed by atoms with van der Waals surface area (Å²) in [6, 6.07) is 12.3. The molecule has 0 saturated heterocycles. The fraction of sp³-hybridized carbons (Fsp3) is 0.320. The van der Waals surface area contributed by atoms with Crippen LogP contribution < -0.4 is 10.6 Å². The zero-order valence-electron chi connectivity index (χ0n) is 18.7. The summed E-state index contributed by atoms with van der Waals surface area (Å²) in [6.45, 7) is 0.645. The van der Waals surface area contributed by atoms with E-state index in [2.05, 4.69) is 28.2 Å². The van der Waals surface area contributed by atoms with Crippen LogP contribution >= 0.6 is 23.1 Å². The molecular formula is C25H27N5O2S2. The first-order chi connectivity index (χ1) is 16.7. The molecule has 5 rings (SSSR count). The van der Waals surface area contributed by atoms with Gasteiger partial charge in [0.2, 0.25) is 5.95 Å². The Morgan fingerprint density at radius 2 is 1.74 bits per heavy atom. The summed E-state index contributed by atoms with van der Waals surface area (Å²) in [5.41, 5.74) is 11.2. The van der Waals surface area contributed by atoms with Crippen molar-refractivity contribution in [1.82, 2.24) is 15.0 Å². The van der Waals surface area contributed by atoms with E-state index in [0.717, 1.165) is 42.5 Å². The SMILES string of the molecule is Nc1c(SC2CCC2)sc2nc(-c3cnc(N(CCO)CCO)nc3)cc(-c3ccccc3)c12. The summed E-state index contributed by atoms with van der Waals surface area (Å²) >= 11 is 3.55. The first-order valence-electron chi connectivity index (χ1n) is 11.4. The predicted octanol–water partition coefficient (Wildman–Crippen LogP) is 4.44. The summed E-state index contributed by atoms with van der Waals surface area (Å²) in [4.78, 5) is 16.6. The van der Waals surface area contributed by atoms with Gasteiger partial charge in [0, 0.05) is 41.7 Å². The number of nitrogens with two attached hydrogens (primary N) is 1. The molecule has 1 aromatic carbocycles. The molecule has 9 heteroatoms. The Morgan fingerprint density at radius 3 is 2.35 bits per heavy atom. The third-order valence-corrected chi connectivity index (χ3v) is 8.70. The van der Waals surface area contributed by atoms with Gasteiger partial charge < -0.3 is 20.8 Å². The van der Waals surface area contributed by atoms with E-state index >= 15 is 0 Å². The zero-order valence-corrected chi connectivity index (χ0v) is 20.4. The molecule has 0 unspecified atom stereocenters. The topological polar surface area (TPSA) is 108 Å². The molecule has 0 radical (unpaired) electrons. The standard InChI is InChI=1S/C25H27N5O2S2/c26-22-21-19(16-5-2-1-3-6-16)13-20(29-23(21)34-24(22)33-18-7-4-8-18)17-14-27-25(28-15-17)30(9-11-31)10-12-32/h1-3,5-6,13-15,18,31-32H,4,7-12,26H2. The lowest BCUT2D eigenvalue weighted by Gasteiger charge is -2.23. The summed E-state index contributed by atoms with van der Waals surface area (Å²) in [7, 11) is 0. The van der Waals surface area contributed by atoms with Crippen molar-refractivity contribution in [3.63, 3.8) is 0 Å².